The molecule has 0 aromatic carbocycles. The van der Waals surface area contributed by atoms with Gasteiger partial charge in [-0.3, -0.25) is 30.0 Å². The first-order valence-electron chi connectivity index (χ1n) is 13.0. The summed E-state index contributed by atoms with van der Waals surface area (Å²) in [6.07, 6.45) is 7.12. The molecule has 0 bridgehead atoms. The van der Waals surface area contributed by atoms with Crippen molar-refractivity contribution in [2.75, 3.05) is 60.7 Å². The third-order valence-electron chi connectivity index (χ3n) is 6.05. The molecule has 6 rings (SSSR count). The zero-order chi connectivity index (χ0) is 24.4. The summed E-state index contributed by atoms with van der Waals surface area (Å²) in [4.78, 5) is 28.5. The predicted molar refractivity (Wildman–Crippen MR) is 174 cm³/mol. The van der Waals surface area contributed by atoms with Crippen LogP contribution in [0.1, 0.15) is 38.5 Å². The molecule has 37 heavy (non-hydrogen) atoms. The van der Waals surface area contributed by atoms with Gasteiger partial charge in [-0.1, -0.05) is 0 Å². The van der Waals surface area contributed by atoms with Crippen LogP contribution in [-0.2, 0) is 17.1 Å². The molecule has 0 fully saturated rings. The molecule has 0 saturated carbocycles. The Labute approximate surface area is 257 Å². The third-order valence-corrected chi connectivity index (χ3v) is 12.8. The summed E-state index contributed by atoms with van der Waals surface area (Å²) in [5.74, 6) is 7.10. The minimum absolute atomic E-state index is 0. The number of hydrogen-bond acceptors (Lipinski definition) is 12. The Hall–Kier alpha value is 0.639. The fourth-order valence-electron chi connectivity index (χ4n) is 4.20. The van der Waals surface area contributed by atoms with Gasteiger partial charge in [0.25, 0.3) is 0 Å². The Morgan fingerprint density at radius 2 is 0.703 bits per heavy atom. The number of thioether (sulfide) groups is 6. The number of hydrogen-bond donors (Lipinski definition) is 0. The van der Waals surface area contributed by atoms with Gasteiger partial charge in [0.15, 0.2) is 0 Å². The zero-order valence-corrected chi connectivity index (χ0v) is 27.0. The monoisotopic (exact) mass is 654 g/mol. The molecule has 0 saturated heterocycles. The summed E-state index contributed by atoms with van der Waals surface area (Å²) in [5.41, 5.74) is 0. The third kappa shape index (κ3) is 9.33. The first kappa shape index (κ1) is 30.6. The van der Waals surface area contributed by atoms with Gasteiger partial charge in [-0.2, -0.15) is 0 Å². The second-order valence-corrected chi connectivity index (χ2v) is 15.3. The summed E-state index contributed by atoms with van der Waals surface area (Å²) in [7, 11) is 0. The smallest absolute Gasteiger partial charge is 0.123 e. The average Bonchev–Trinajstić information content (AvgIpc) is 2.99. The summed E-state index contributed by atoms with van der Waals surface area (Å²) in [6, 6.07) is 0.660. The van der Waals surface area contributed by atoms with Crippen molar-refractivity contribution < 1.29 is 17.1 Å². The minimum atomic E-state index is 0. The van der Waals surface area contributed by atoms with Gasteiger partial charge in [0.2, 0.25) is 0 Å². The van der Waals surface area contributed by atoms with E-state index in [4.69, 9.17) is 9.98 Å². The van der Waals surface area contributed by atoms with E-state index in [0.29, 0.717) is 12.1 Å². The molecule has 0 aromatic rings. The molecule has 0 radical (unpaired) electrons. The normalized spacial score (nSPS) is 28.5. The van der Waals surface area contributed by atoms with Crippen molar-refractivity contribution in [1.82, 2.24) is 0 Å². The SMILES string of the molecule is C1CN=C(C2=NC(C3CCSC(C4=NCCCS4)=N3)CCS2)SC1.C1CN=C(C2=NCCCS2)SC1.[Fe]. The van der Waals surface area contributed by atoms with E-state index in [-0.39, 0.29) is 17.1 Å². The fourth-order valence-corrected chi connectivity index (χ4v) is 10.5. The van der Waals surface area contributed by atoms with Gasteiger partial charge >= 0.3 is 0 Å². The van der Waals surface area contributed by atoms with Crippen molar-refractivity contribution in [3.63, 3.8) is 0 Å². The van der Waals surface area contributed by atoms with Crippen molar-refractivity contribution >= 4 is 101 Å². The van der Waals surface area contributed by atoms with Crippen LogP contribution in [0.15, 0.2) is 30.0 Å². The summed E-state index contributed by atoms with van der Waals surface area (Å²) < 4.78 is 0. The molecular weight excluding hydrogens is 621 g/mol. The Morgan fingerprint density at radius 3 is 1.00 bits per heavy atom. The summed E-state index contributed by atoms with van der Waals surface area (Å²) in [5, 5.41) is 7.11. The molecule has 0 amide bonds. The van der Waals surface area contributed by atoms with E-state index in [9.17, 15) is 0 Å². The van der Waals surface area contributed by atoms with E-state index in [1.807, 2.05) is 70.6 Å². The molecule has 0 aliphatic carbocycles. The molecule has 6 heterocycles. The van der Waals surface area contributed by atoms with Gasteiger partial charge in [0.1, 0.15) is 30.3 Å². The van der Waals surface area contributed by atoms with E-state index in [2.05, 4.69) is 20.0 Å². The van der Waals surface area contributed by atoms with Gasteiger partial charge < -0.3 is 0 Å². The van der Waals surface area contributed by atoms with Gasteiger partial charge in [-0.25, -0.2) is 0 Å². The van der Waals surface area contributed by atoms with Crippen LogP contribution in [-0.4, -0.2) is 103 Å². The Balaban J connectivity index is 0.000000208. The number of nitrogens with zero attached hydrogens (tertiary/aromatic N) is 6. The topological polar surface area (TPSA) is 74.2 Å². The molecule has 2 unspecified atom stereocenters. The molecule has 6 aliphatic rings. The van der Waals surface area contributed by atoms with Crippen LogP contribution in [0.25, 0.3) is 0 Å². The van der Waals surface area contributed by atoms with Crippen molar-refractivity contribution in [1.29, 1.82) is 0 Å². The maximum absolute atomic E-state index is 5.07. The second kappa shape index (κ2) is 16.8. The number of aliphatic imine (C=N–C) groups is 6. The molecule has 13 heteroatoms. The maximum atomic E-state index is 5.07. The van der Waals surface area contributed by atoms with Crippen LogP contribution in [0.4, 0.5) is 0 Å². The van der Waals surface area contributed by atoms with E-state index in [1.54, 1.807) is 0 Å². The molecule has 0 spiro atoms. The minimum Gasteiger partial charge on any atom is -0.276 e. The number of rotatable bonds is 4. The van der Waals surface area contributed by atoms with Crippen LogP contribution in [0.5, 0.6) is 0 Å². The van der Waals surface area contributed by atoms with Crippen molar-refractivity contribution in [2.24, 2.45) is 30.0 Å². The molecular formula is C24H34FeN6S6. The predicted octanol–water partition coefficient (Wildman–Crippen LogP) is 5.92. The van der Waals surface area contributed by atoms with Gasteiger partial charge in [0, 0.05) is 77.8 Å². The fraction of sp³-hybridized carbons (Fsp3) is 0.750. The zero-order valence-electron chi connectivity index (χ0n) is 21.0. The Morgan fingerprint density at radius 1 is 0.405 bits per heavy atom. The Bertz CT molecular complexity index is 889. The Kier molecular flexibility index (Phi) is 13.9. The van der Waals surface area contributed by atoms with Gasteiger partial charge in [0.05, 0.1) is 12.1 Å². The van der Waals surface area contributed by atoms with Crippen LogP contribution in [0.2, 0.25) is 0 Å². The van der Waals surface area contributed by atoms with Crippen LogP contribution in [0, 0.1) is 0 Å². The van der Waals surface area contributed by atoms with Gasteiger partial charge in [-0.05, 0) is 38.5 Å². The van der Waals surface area contributed by atoms with Crippen molar-refractivity contribution in [3.8, 4) is 0 Å². The summed E-state index contributed by atoms with van der Waals surface area (Å²) in [6.45, 7) is 3.93. The van der Waals surface area contributed by atoms with Crippen molar-refractivity contribution in [2.45, 2.75) is 50.6 Å². The standard InChI is InChI=1S/C16H22N4S4.C8H12N2S2.Fe/c1-5-17-13(21-7-1)15-19-11(3-9-23-15)12-4-10-24-16(20-12)14-18-6-2-8-22-14;1-3-9-7(11-5-1)8-10-4-2-6-12-8;/h11-12H,1-10H2;1-6H2;. The molecule has 204 valence electrons. The maximum Gasteiger partial charge on any atom is 0.123 e. The van der Waals surface area contributed by atoms with Gasteiger partial charge in [-0.15, -0.1) is 70.6 Å². The molecule has 0 aromatic heterocycles. The second-order valence-electron chi connectivity index (χ2n) is 8.83. The molecule has 6 nitrogen and oxygen atoms in total. The quantitative estimate of drug-likeness (QED) is 0.351. The van der Waals surface area contributed by atoms with E-state index in [0.717, 1.165) is 50.5 Å². The van der Waals surface area contributed by atoms with E-state index in [1.165, 1.54) is 79.0 Å². The average molecular weight is 655 g/mol. The van der Waals surface area contributed by atoms with E-state index >= 15 is 0 Å². The van der Waals surface area contributed by atoms with E-state index < -0.39 is 0 Å². The van der Waals surface area contributed by atoms with Crippen LogP contribution in [0.3, 0.4) is 0 Å². The summed E-state index contributed by atoms with van der Waals surface area (Å²) >= 11 is 11.3. The molecule has 0 N–H and O–H groups in total. The largest absolute Gasteiger partial charge is 0.276 e. The molecule has 6 aliphatic heterocycles. The van der Waals surface area contributed by atoms with Crippen molar-refractivity contribution in [3.05, 3.63) is 0 Å². The van der Waals surface area contributed by atoms with Crippen LogP contribution < -0.4 is 0 Å². The molecule has 2 atom stereocenters. The van der Waals surface area contributed by atoms with Crippen LogP contribution >= 0.6 is 70.6 Å². The first-order valence-corrected chi connectivity index (χ1v) is 18.9. The first-order chi connectivity index (χ1) is 17.9.